The molecule has 0 aromatic rings. The van der Waals surface area contributed by atoms with Crippen LogP contribution in [0.1, 0.15) is 6.42 Å². The molecule has 1 N–H and O–H groups in total. The Balaban J connectivity index is 1.99. The van der Waals surface area contributed by atoms with Crippen molar-refractivity contribution in [2.24, 2.45) is 0 Å². The molecule has 1 saturated heterocycles. The molecule has 1 heterocycles. The van der Waals surface area contributed by atoms with Gasteiger partial charge < -0.3 is 5.11 Å². The van der Waals surface area contributed by atoms with Crippen LogP contribution >= 0.6 is 0 Å². The van der Waals surface area contributed by atoms with Gasteiger partial charge in [-0.3, -0.25) is 4.90 Å². The Morgan fingerprint density at radius 1 is 1.67 bits per heavy atom. The molecular formula is C6H10N2O. The average Bonchev–Trinajstić information content (AvgIpc) is 1.78. The molecule has 0 spiro atoms. The fourth-order valence-corrected chi connectivity index (χ4v) is 0.933. The predicted octanol–water partition coefficient (Wildman–Crippen LogP) is -0.423. The summed E-state index contributed by atoms with van der Waals surface area (Å²) in [5, 5.41) is 17.0. The highest BCUT2D eigenvalue weighted by Gasteiger charge is 2.22. The number of β-amino-alcohol motifs (C(OH)–C–C–N with tert-alkyl or cyclic N) is 1. The Morgan fingerprint density at radius 2 is 2.33 bits per heavy atom. The van der Waals surface area contributed by atoms with Gasteiger partial charge in [-0.15, -0.1) is 0 Å². The summed E-state index contributed by atoms with van der Waals surface area (Å²) in [4.78, 5) is 2.06. The van der Waals surface area contributed by atoms with Crippen LogP contribution in [0.2, 0.25) is 0 Å². The van der Waals surface area contributed by atoms with E-state index in [1.165, 1.54) is 0 Å². The second kappa shape index (κ2) is 2.81. The van der Waals surface area contributed by atoms with Crippen molar-refractivity contribution in [3.05, 3.63) is 0 Å². The molecule has 1 fully saturated rings. The van der Waals surface area contributed by atoms with E-state index in [0.29, 0.717) is 6.42 Å². The highest BCUT2D eigenvalue weighted by Crippen LogP contribution is 2.06. The van der Waals surface area contributed by atoms with Crippen molar-refractivity contribution < 1.29 is 5.11 Å². The summed E-state index contributed by atoms with van der Waals surface area (Å²) < 4.78 is 0. The SMILES string of the molecule is N#CCCN1CC(O)C1. The van der Waals surface area contributed by atoms with Crippen LogP contribution in [0.15, 0.2) is 0 Å². The molecule has 0 saturated carbocycles. The zero-order valence-electron chi connectivity index (χ0n) is 5.25. The van der Waals surface area contributed by atoms with Crippen molar-refractivity contribution in [2.75, 3.05) is 19.6 Å². The fraction of sp³-hybridized carbons (Fsp3) is 0.833. The first-order chi connectivity index (χ1) is 4.33. The number of nitriles is 1. The van der Waals surface area contributed by atoms with Gasteiger partial charge in [0.15, 0.2) is 0 Å². The minimum absolute atomic E-state index is 0.135. The lowest BCUT2D eigenvalue weighted by Crippen LogP contribution is -2.50. The van der Waals surface area contributed by atoms with Crippen LogP contribution in [-0.4, -0.2) is 35.7 Å². The van der Waals surface area contributed by atoms with Gasteiger partial charge in [-0.25, -0.2) is 0 Å². The maximum Gasteiger partial charge on any atom is 0.0793 e. The Bertz CT molecular complexity index is 124. The van der Waals surface area contributed by atoms with Gasteiger partial charge in [0.1, 0.15) is 0 Å². The third-order valence-electron chi connectivity index (χ3n) is 1.48. The number of likely N-dealkylation sites (tertiary alicyclic amines) is 1. The highest BCUT2D eigenvalue weighted by molar-refractivity contribution is 4.81. The Kier molecular flexibility index (Phi) is 2.04. The van der Waals surface area contributed by atoms with Gasteiger partial charge in [-0.2, -0.15) is 5.26 Å². The van der Waals surface area contributed by atoms with Gasteiger partial charge in [0.25, 0.3) is 0 Å². The van der Waals surface area contributed by atoms with Gasteiger partial charge in [0.05, 0.1) is 12.2 Å². The molecule has 0 radical (unpaired) electrons. The molecule has 3 nitrogen and oxygen atoms in total. The lowest BCUT2D eigenvalue weighted by molar-refractivity contribution is 0.00373. The standard InChI is InChI=1S/C6H10N2O/c7-2-1-3-8-4-6(9)5-8/h6,9H,1,3-5H2. The summed E-state index contributed by atoms with van der Waals surface area (Å²) in [5.74, 6) is 0. The Labute approximate surface area is 54.5 Å². The third kappa shape index (κ3) is 1.67. The summed E-state index contributed by atoms with van der Waals surface area (Å²) in [7, 11) is 0. The first-order valence-corrected chi connectivity index (χ1v) is 3.10. The lowest BCUT2D eigenvalue weighted by atomic mass is 10.2. The molecule has 1 rings (SSSR count). The molecule has 3 heteroatoms. The van der Waals surface area contributed by atoms with Crippen molar-refractivity contribution in [1.29, 1.82) is 5.26 Å². The van der Waals surface area contributed by atoms with Gasteiger partial charge >= 0.3 is 0 Å². The van der Waals surface area contributed by atoms with Crippen LogP contribution in [-0.2, 0) is 0 Å². The molecule has 0 unspecified atom stereocenters. The molecule has 0 amide bonds. The minimum atomic E-state index is -0.135. The average molecular weight is 126 g/mol. The van der Waals surface area contributed by atoms with Crippen LogP contribution in [0.25, 0.3) is 0 Å². The van der Waals surface area contributed by atoms with E-state index in [1.807, 2.05) is 0 Å². The number of aliphatic hydroxyl groups excluding tert-OH is 1. The number of nitrogens with zero attached hydrogens (tertiary/aromatic N) is 2. The van der Waals surface area contributed by atoms with E-state index >= 15 is 0 Å². The summed E-state index contributed by atoms with van der Waals surface area (Å²) in [6, 6.07) is 2.06. The van der Waals surface area contributed by atoms with Crippen LogP contribution in [0, 0.1) is 11.3 Å². The number of rotatable bonds is 2. The van der Waals surface area contributed by atoms with Crippen LogP contribution in [0.5, 0.6) is 0 Å². The van der Waals surface area contributed by atoms with Crippen molar-refractivity contribution >= 4 is 0 Å². The van der Waals surface area contributed by atoms with E-state index < -0.39 is 0 Å². The van der Waals surface area contributed by atoms with Crippen molar-refractivity contribution in [3.63, 3.8) is 0 Å². The van der Waals surface area contributed by atoms with Crippen molar-refractivity contribution in [2.45, 2.75) is 12.5 Å². The summed E-state index contributed by atoms with van der Waals surface area (Å²) in [6.45, 7) is 2.32. The van der Waals surface area contributed by atoms with Crippen LogP contribution < -0.4 is 0 Å². The molecule has 0 aromatic heterocycles. The van der Waals surface area contributed by atoms with Crippen LogP contribution in [0.4, 0.5) is 0 Å². The first-order valence-electron chi connectivity index (χ1n) is 3.10. The number of aliphatic hydroxyl groups is 1. The monoisotopic (exact) mass is 126 g/mol. The van der Waals surface area contributed by atoms with E-state index in [4.69, 9.17) is 10.4 Å². The first kappa shape index (κ1) is 6.53. The largest absolute Gasteiger partial charge is 0.390 e. The minimum Gasteiger partial charge on any atom is -0.390 e. The predicted molar refractivity (Wildman–Crippen MR) is 32.7 cm³/mol. The van der Waals surface area contributed by atoms with Crippen molar-refractivity contribution in [3.8, 4) is 6.07 Å². The molecular weight excluding hydrogens is 116 g/mol. The summed E-state index contributed by atoms with van der Waals surface area (Å²) in [6.07, 6.45) is 0.441. The van der Waals surface area contributed by atoms with Crippen LogP contribution in [0.3, 0.4) is 0 Å². The molecule has 50 valence electrons. The maximum absolute atomic E-state index is 8.79. The number of hydrogen-bond donors (Lipinski definition) is 1. The van der Waals surface area contributed by atoms with E-state index in [-0.39, 0.29) is 6.10 Å². The van der Waals surface area contributed by atoms with E-state index in [1.54, 1.807) is 0 Å². The van der Waals surface area contributed by atoms with E-state index in [0.717, 1.165) is 19.6 Å². The second-order valence-corrected chi connectivity index (χ2v) is 2.32. The molecule has 1 aliphatic rings. The zero-order chi connectivity index (χ0) is 6.69. The summed E-state index contributed by atoms with van der Waals surface area (Å²) in [5.41, 5.74) is 0. The molecule has 0 aromatic carbocycles. The van der Waals surface area contributed by atoms with Gasteiger partial charge in [-0.05, 0) is 0 Å². The quantitative estimate of drug-likeness (QED) is 0.546. The van der Waals surface area contributed by atoms with Gasteiger partial charge in [0, 0.05) is 26.1 Å². The van der Waals surface area contributed by atoms with Crippen molar-refractivity contribution in [1.82, 2.24) is 4.90 Å². The molecule has 9 heavy (non-hydrogen) atoms. The Morgan fingerprint density at radius 3 is 2.78 bits per heavy atom. The maximum atomic E-state index is 8.79. The van der Waals surface area contributed by atoms with Gasteiger partial charge in [0.2, 0.25) is 0 Å². The van der Waals surface area contributed by atoms with E-state index in [2.05, 4.69) is 11.0 Å². The highest BCUT2D eigenvalue weighted by atomic mass is 16.3. The molecule has 0 atom stereocenters. The topological polar surface area (TPSA) is 47.3 Å². The van der Waals surface area contributed by atoms with E-state index in [9.17, 15) is 0 Å². The molecule has 0 aliphatic carbocycles. The molecule has 1 aliphatic heterocycles. The number of hydrogen-bond acceptors (Lipinski definition) is 3. The third-order valence-corrected chi connectivity index (χ3v) is 1.48. The Hall–Kier alpha value is -0.590. The fourth-order valence-electron chi connectivity index (χ4n) is 0.933. The lowest BCUT2D eigenvalue weighted by Gasteiger charge is -2.34. The van der Waals surface area contributed by atoms with Gasteiger partial charge in [-0.1, -0.05) is 0 Å². The normalized spacial score (nSPS) is 20.9. The zero-order valence-corrected chi connectivity index (χ0v) is 5.25. The molecule has 0 bridgehead atoms. The smallest absolute Gasteiger partial charge is 0.0793 e. The second-order valence-electron chi connectivity index (χ2n) is 2.32. The summed E-state index contributed by atoms with van der Waals surface area (Å²) >= 11 is 0.